The van der Waals surface area contributed by atoms with Crippen molar-refractivity contribution >= 4 is 38.8 Å². The van der Waals surface area contributed by atoms with E-state index in [2.05, 4.69) is 10.6 Å². The number of amides is 1. The molecule has 0 radical (unpaired) electrons. The van der Waals surface area contributed by atoms with Crippen LogP contribution in [-0.4, -0.2) is 49.4 Å². The van der Waals surface area contributed by atoms with Gasteiger partial charge in [-0.2, -0.15) is 0 Å². The van der Waals surface area contributed by atoms with Crippen molar-refractivity contribution in [3.8, 4) is 0 Å². The van der Waals surface area contributed by atoms with Crippen LogP contribution in [0.1, 0.15) is 16.8 Å². The highest BCUT2D eigenvalue weighted by atomic mass is 32.2. The van der Waals surface area contributed by atoms with E-state index in [4.69, 9.17) is 4.74 Å². The number of carbonyl (C=O) groups is 2. The van der Waals surface area contributed by atoms with Crippen molar-refractivity contribution in [2.45, 2.75) is 12.5 Å². The van der Waals surface area contributed by atoms with E-state index in [0.717, 1.165) is 6.07 Å². The van der Waals surface area contributed by atoms with Crippen LogP contribution in [0.4, 0.5) is 17.1 Å². The monoisotopic (exact) mass is 433 g/mol. The average Bonchev–Trinajstić information content (AvgIpc) is 3.05. The molecule has 10 nitrogen and oxygen atoms in total. The van der Waals surface area contributed by atoms with Gasteiger partial charge in [-0.3, -0.25) is 14.9 Å². The Hall–Kier alpha value is -3.47. The van der Waals surface area contributed by atoms with E-state index in [1.54, 1.807) is 30.3 Å². The maximum atomic E-state index is 12.2. The van der Waals surface area contributed by atoms with Gasteiger partial charge >= 0.3 is 5.97 Å². The molecule has 2 N–H and O–H groups in total. The zero-order valence-electron chi connectivity index (χ0n) is 15.7. The van der Waals surface area contributed by atoms with Crippen molar-refractivity contribution in [2.75, 3.05) is 23.4 Å². The third-order valence-electron chi connectivity index (χ3n) is 4.41. The van der Waals surface area contributed by atoms with Gasteiger partial charge in [0.15, 0.2) is 16.4 Å². The van der Waals surface area contributed by atoms with Crippen molar-refractivity contribution < 1.29 is 27.7 Å². The molecule has 1 heterocycles. The van der Waals surface area contributed by atoms with Crippen molar-refractivity contribution in [3.05, 3.63) is 64.2 Å². The van der Waals surface area contributed by atoms with Gasteiger partial charge in [-0.25, -0.2) is 13.2 Å². The third-order valence-corrected chi connectivity index (χ3v) is 6.18. The molecule has 1 fully saturated rings. The van der Waals surface area contributed by atoms with E-state index in [1.807, 2.05) is 0 Å². The molecule has 1 aliphatic heterocycles. The van der Waals surface area contributed by atoms with E-state index in [-0.39, 0.29) is 28.4 Å². The third kappa shape index (κ3) is 5.54. The molecule has 30 heavy (non-hydrogen) atoms. The number of sulfone groups is 1. The number of rotatable bonds is 7. The lowest BCUT2D eigenvalue weighted by atomic mass is 10.1. The van der Waals surface area contributed by atoms with Crippen LogP contribution in [0.15, 0.2) is 48.5 Å². The van der Waals surface area contributed by atoms with Crippen LogP contribution in [0.3, 0.4) is 0 Å². The Balaban J connectivity index is 1.62. The number of ether oxygens (including phenoxy) is 1. The van der Waals surface area contributed by atoms with Gasteiger partial charge in [-0.15, -0.1) is 0 Å². The molecule has 0 bridgehead atoms. The van der Waals surface area contributed by atoms with E-state index < -0.39 is 39.3 Å². The number of nitro benzene ring substituents is 1. The zero-order valence-corrected chi connectivity index (χ0v) is 16.6. The highest BCUT2D eigenvalue weighted by molar-refractivity contribution is 7.91. The Morgan fingerprint density at radius 1 is 1.17 bits per heavy atom. The quantitative estimate of drug-likeness (QED) is 0.382. The Labute approximate surface area is 172 Å². The number of carbonyl (C=O) groups excluding carboxylic acids is 2. The molecule has 3 rings (SSSR count). The molecule has 11 heteroatoms. The van der Waals surface area contributed by atoms with Gasteiger partial charge in [0.05, 0.1) is 22.0 Å². The number of hydrogen-bond acceptors (Lipinski definition) is 8. The van der Waals surface area contributed by atoms with Crippen LogP contribution in [0.5, 0.6) is 0 Å². The first-order chi connectivity index (χ1) is 14.2. The summed E-state index contributed by atoms with van der Waals surface area (Å²) < 4.78 is 27.7. The number of hydrogen-bond donors (Lipinski definition) is 2. The molecular weight excluding hydrogens is 414 g/mol. The maximum absolute atomic E-state index is 12.2. The van der Waals surface area contributed by atoms with E-state index in [1.165, 1.54) is 12.1 Å². The summed E-state index contributed by atoms with van der Waals surface area (Å²) in [4.78, 5) is 34.8. The first kappa shape index (κ1) is 21.2. The summed E-state index contributed by atoms with van der Waals surface area (Å²) in [6, 6.07) is 12.1. The Bertz CT molecular complexity index is 1070. The van der Waals surface area contributed by atoms with Gasteiger partial charge in [0.1, 0.15) is 5.69 Å². The molecule has 0 aromatic heterocycles. The SMILES string of the molecule is O=C(COC(=O)c1ccc(Nc2ccccc2)c([N+](=O)[O-])c1)NC1CCS(=O)(=O)C1. The molecule has 1 unspecified atom stereocenters. The zero-order chi connectivity index (χ0) is 21.7. The molecule has 1 amide bonds. The fourth-order valence-corrected chi connectivity index (χ4v) is 4.66. The van der Waals surface area contributed by atoms with Crippen molar-refractivity contribution in [1.29, 1.82) is 0 Å². The van der Waals surface area contributed by atoms with E-state index in [9.17, 15) is 28.1 Å². The highest BCUT2D eigenvalue weighted by Crippen LogP contribution is 2.28. The molecule has 2 aromatic rings. The summed E-state index contributed by atoms with van der Waals surface area (Å²) in [5.41, 5.74) is 0.426. The van der Waals surface area contributed by atoms with Crippen LogP contribution in [0.25, 0.3) is 0 Å². The van der Waals surface area contributed by atoms with Gasteiger partial charge < -0.3 is 15.4 Å². The van der Waals surface area contributed by atoms with Crippen molar-refractivity contribution in [1.82, 2.24) is 5.32 Å². The largest absolute Gasteiger partial charge is 0.452 e. The normalized spacial score (nSPS) is 17.1. The molecule has 0 aliphatic carbocycles. The Kier molecular flexibility index (Phi) is 6.31. The molecule has 0 spiro atoms. The average molecular weight is 433 g/mol. The molecule has 0 saturated carbocycles. The molecule has 1 aliphatic rings. The lowest BCUT2D eigenvalue weighted by molar-refractivity contribution is -0.383. The number of nitrogens with zero attached hydrogens (tertiary/aromatic N) is 1. The number of nitro groups is 1. The van der Waals surface area contributed by atoms with Crippen LogP contribution in [0.2, 0.25) is 0 Å². The standard InChI is InChI=1S/C19H19N3O7S/c23-18(21-15-8-9-30(27,28)12-15)11-29-19(24)13-6-7-16(17(10-13)22(25)26)20-14-4-2-1-3-5-14/h1-7,10,15,20H,8-9,11-12H2,(H,21,23). The minimum absolute atomic E-state index is 0.00473. The van der Waals surface area contributed by atoms with Crippen molar-refractivity contribution in [2.24, 2.45) is 0 Å². The Morgan fingerprint density at radius 2 is 1.90 bits per heavy atom. The van der Waals surface area contributed by atoms with Crippen LogP contribution in [-0.2, 0) is 19.4 Å². The van der Waals surface area contributed by atoms with Crippen LogP contribution < -0.4 is 10.6 Å². The molecule has 2 aromatic carbocycles. The number of nitrogens with one attached hydrogen (secondary N) is 2. The van der Waals surface area contributed by atoms with Gasteiger partial charge in [0.25, 0.3) is 11.6 Å². The second-order valence-electron chi connectivity index (χ2n) is 6.72. The maximum Gasteiger partial charge on any atom is 0.338 e. The Morgan fingerprint density at radius 3 is 2.53 bits per heavy atom. The molecule has 158 valence electrons. The number of esters is 1. The summed E-state index contributed by atoms with van der Waals surface area (Å²) in [5.74, 6) is -1.68. The predicted molar refractivity (Wildman–Crippen MR) is 108 cm³/mol. The first-order valence-corrected chi connectivity index (χ1v) is 10.8. The fourth-order valence-electron chi connectivity index (χ4n) is 2.98. The van der Waals surface area contributed by atoms with Crippen molar-refractivity contribution in [3.63, 3.8) is 0 Å². The second-order valence-corrected chi connectivity index (χ2v) is 8.95. The highest BCUT2D eigenvalue weighted by Gasteiger charge is 2.29. The second kappa shape index (κ2) is 8.91. The summed E-state index contributed by atoms with van der Waals surface area (Å²) in [7, 11) is -3.15. The fraction of sp³-hybridized carbons (Fsp3) is 0.263. The van der Waals surface area contributed by atoms with Gasteiger partial charge in [0, 0.05) is 17.8 Å². The minimum atomic E-state index is -3.15. The summed E-state index contributed by atoms with van der Waals surface area (Å²) in [6.07, 6.45) is 0.310. The lowest BCUT2D eigenvalue weighted by Gasteiger charge is -2.11. The van der Waals surface area contributed by atoms with Gasteiger partial charge in [0.2, 0.25) is 0 Å². The van der Waals surface area contributed by atoms with Gasteiger partial charge in [-0.1, -0.05) is 18.2 Å². The lowest BCUT2D eigenvalue weighted by Crippen LogP contribution is -2.38. The first-order valence-electron chi connectivity index (χ1n) is 9.01. The van der Waals surface area contributed by atoms with Crippen LogP contribution >= 0.6 is 0 Å². The number of para-hydroxylation sites is 1. The molecule has 1 saturated heterocycles. The molecule has 1 atom stereocenters. The minimum Gasteiger partial charge on any atom is -0.452 e. The topological polar surface area (TPSA) is 145 Å². The summed E-state index contributed by atoms with van der Waals surface area (Å²) >= 11 is 0. The number of anilines is 2. The predicted octanol–water partition coefficient (Wildman–Crippen LogP) is 1.80. The summed E-state index contributed by atoms with van der Waals surface area (Å²) in [5, 5.41) is 16.8. The number of benzene rings is 2. The molecular formula is C19H19N3O7S. The van der Waals surface area contributed by atoms with E-state index >= 15 is 0 Å². The van der Waals surface area contributed by atoms with Gasteiger partial charge in [-0.05, 0) is 30.7 Å². The summed E-state index contributed by atoms with van der Waals surface area (Å²) in [6.45, 7) is -0.618. The van der Waals surface area contributed by atoms with E-state index in [0.29, 0.717) is 12.1 Å². The van der Waals surface area contributed by atoms with Crippen LogP contribution in [0, 0.1) is 10.1 Å². The smallest absolute Gasteiger partial charge is 0.338 e.